The smallest absolute Gasteiger partial charge is 0.0701 e. The highest BCUT2D eigenvalue weighted by molar-refractivity contribution is 9.11. The van der Waals surface area contributed by atoms with Gasteiger partial charge in [0.15, 0.2) is 0 Å². The van der Waals surface area contributed by atoms with Gasteiger partial charge in [0.2, 0.25) is 0 Å². The minimum Gasteiger partial charge on any atom is -0.314 e. The van der Waals surface area contributed by atoms with Gasteiger partial charge in [0.1, 0.15) is 0 Å². The van der Waals surface area contributed by atoms with Gasteiger partial charge in [-0.2, -0.15) is 0 Å². The zero-order valence-corrected chi connectivity index (χ0v) is 10.1. The van der Waals surface area contributed by atoms with E-state index >= 15 is 0 Å². The minimum atomic E-state index is 0.195. The van der Waals surface area contributed by atoms with E-state index in [1.807, 2.05) is 7.05 Å². The highest BCUT2D eigenvalue weighted by Crippen LogP contribution is 2.23. The maximum atomic E-state index is 3.46. The Hall–Kier alpha value is 0.140. The van der Waals surface area contributed by atoms with Crippen LogP contribution < -0.4 is 5.32 Å². The predicted octanol–water partition coefficient (Wildman–Crippen LogP) is 3.05. The normalized spacial score (nSPS) is 12.0. The third kappa shape index (κ3) is 2.88. The van der Waals surface area contributed by atoms with Gasteiger partial charge < -0.3 is 5.32 Å². The first-order chi connectivity index (χ1) is 5.53. The monoisotopic (exact) mass is 247 g/mol. The first-order valence-corrected chi connectivity index (χ1v) is 5.62. The van der Waals surface area contributed by atoms with Gasteiger partial charge in [0, 0.05) is 5.54 Å². The summed E-state index contributed by atoms with van der Waals surface area (Å²) in [7, 11) is 2.00. The van der Waals surface area contributed by atoms with Gasteiger partial charge in [-0.3, -0.25) is 0 Å². The third-order valence-corrected chi connectivity index (χ3v) is 3.50. The lowest BCUT2D eigenvalue weighted by atomic mass is 9.97. The highest BCUT2D eigenvalue weighted by Gasteiger charge is 2.15. The first kappa shape index (κ1) is 10.2. The molecular formula is C9H14BrNS. The van der Waals surface area contributed by atoms with Gasteiger partial charge in [-0.25, -0.2) is 0 Å². The molecule has 0 saturated heterocycles. The molecule has 1 aromatic rings. The molecule has 0 fully saturated rings. The summed E-state index contributed by atoms with van der Waals surface area (Å²) in [5, 5.41) is 5.49. The molecule has 0 saturated carbocycles. The first-order valence-electron chi connectivity index (χ1n) is 3.95. The Bertz CT molecular complexity index is 255. The van der Waals surface area contributed by atoms with Gasteiger partial charge >= 0.3 is 0 Å². The Morgan fingerprint density at radius 2 is 2.25 bits per heavy atom. The number of hydrogen-bond acceptors (Lipinski definition) is 2. The summed E-state index contributed by atoms with van der Waals surface area (Å²) >= 11 is 5.20. The Labute approximate surface area is 86.3 Å². The number of likely N-dealkylation sites (N-methyl/N-ethyl adjacent to an activating group) is 1. The van der Waals surface area contributed by atoms with Crippen LogP contribution in [0.25, 0.3) is 0 Å². The van der Waals surface area contributed by atoms with Crippen molar-refractivity contribution in [1.82, 2.24) is 5.32 Å². The quantitative estimate of drug-likeness (QED) is 0.866. The van der Waals surface area contributed by atoms with Crippen molar-refractivity contribution in [2.75, 3.05) is 7.05 Å². The molecule has 1 aromatic heterocycles. The van der Waals surface area contributed by atoms with Crippen LogP contribution in [0.3, 0.4) is 0 Å². The van der Waals surface area contributed by atoms with Crippen LogP contribution >= 0.6 is 27.3 Å². The summed E-state index contributed by atoms with van der Waals surface area (Å²) in [6.07, 6.45) is 1.08. The zero-order valence-electron chi connectivity index (χ0n) is 7.65. The summed E-state index contributed by atoms with van der Waals surface area (Å²) in [6, 6.07) is 2.18. The molecule has 0 atom stereocenters. The number of rotatable bonds is 3. The molecule has 3 heteroatoms. The van der Waals surface area contributed by atoms with Gasteiger partial charge in [-0.15, -0.1) is 11.3 Å². The molecular weight excluding hydrogens is 234 g/mol. The van der Waals surface area contributed by atoms with Crippen molar-refractivity contribution < 1.29 is 0 Å². The molecule has 0 bridgehead atoms. The van der Waals surface area contributed by atoms with E-state index in [2.05, 4.69) is 46.5 Å². The summed E-state index contributed by atoms with van der Waals surface area (Å²) in [5.74, 6) is 0. The summed E-state index contributed by atoms with van der Waals surface area (Å²) in [4.78, 5) is 0. The average molecular weight is 248 g/mol. The Kier molecular flexibility index (Phi) is 3.32. The van der Waals surface area contributed by atoms with Gasteiger partial charge in [-0.05, 0) is 60.3 Å². The van der Waals surface area contributed by atoms with Crippen molar-refractivity contribution in [3.63, 3.8) is 0 Å². The van der Waals surface area contributed by atoms with E-state index in [-0.39, 0.29) is 5.54 Å². The lowest BCUT2D eigenvalue weighted by molar-refractivity contribution is 0.422. The van der Waals surface area contributed by atoms with Crippen LogP contribution in [0.1, 0.15) is 19.4 Å². The van der Waals surface area contributed by atoms with Crippen molar-refractivity contribution in [1.29, 1.82) is 0 Å². The molecule has 12 heavy (non-hydrogen) atoms. The molecule has 0 aliphatic rings. The number of hydrogen-bond donors (Lipinski definition) is 1. The minimum absolute atomic E-state index is 0.195. The zero-order chi connectivity index (χ0) is 9.19. The molecule has 1 heterocycles. The second kappa shape index (κ2) is 3.90. The van der Waals surface area contributed by atoms with Crippen LogP contribution in [-0.4, -0.2) is 12.6 Å². The van der Waals surface area contributed by atoms with Crippen molar-refractivity contribution in [2.24, 2.45) is 0 Å². The lowest BCUT2D eigenvalue weighted by Crippen LogP contribution is -2.38. The fraction of sp³-hybridized carbons (Fsp3) is 0.556. The van der Waals surface area contributed by atoms with E-state index < -0.39 is 0 Å². The largest absolute Gasteiger partial charge is 0.314 e. The highest BCUT2D eigenvalue weighted by atomic mass is 79.9. The molecule has 1 N–H and O–H groups in total. The van der Waals surface area contributed by atoms with Crippen molar-refractivity contribution in [3.05, 3.63) is 20.8 Å². The molecule has 0 spiro atoms. The van der Waals surface area contributed by atoms with Crippen LogP contribution in [0.2, 0.25) is 0 Å². The second-order valence-corrected chi connectivity index (χ2v) is 5.86. The molecule has 1 nitrogen and oxygen atoms in total. The summed E-state index contributed by atoms with van der Waals surface area (Å²) in [6.45, 7) is 4.41. The number of nitrogens with one attached hydrogen (secondary N) is 1. The fourth-order valence-electron chi connectivity index (χ4n) is 1.04. The van der Waals surface area contributed by atoms with E-state index in [1.165, 1.54) is 9.35 Å². The molecule has 0 unspecified atom stereocenters. The fourth-order valence-corrected chi connectivity index (χ4v) is 2.25. The van der Waals surface area contributed by atoms with E-state index in [0.717, 1.165) is 6.42 Å². The van der Waals surface area contributed by atoms with E-state index in [1.54, 1.807) is 11.3 Å². The molecule has 0 amide bonds. The maximum absolute atomic E-state index is 3.46. The number of halogens is 1. The molecule has 0 aromatic carbocycles. The number of thiophene rings is 1. The predicted molar refractivity (Wildman–Crippen MR) is 58.9 cm³/mol. The van der Waals surface area contributed by atoms with Crippen molar-refractivity contribution >= 4 is 27.3 Å². The Morgan fingerprint density at radius 1 is 1.58 bits per heavy atom. The second-order valence-electron chi connectivity index (χ2n) is 3.57. The van der Waals surface area contributed by atoms with Gasteiger partial charge in [0.25, 0.3) is 0 Å². The van der Waals surface area contributed by atoms with E-state index in [9.17, 15) is 0 Å². The van der Waals surface area contributed by atoms with Crippen LogP contribution in [0.5, 0.6) is 0 Å². The standard InChI is InChI=1S/C9H14BrNS/c1-9(2,11-3)5-7-4-8(10)12-6-7/h4,6,11H,5H2,1-3H3. The molecule has 0 aliphatic heterocycles. The van der Waals surface area contributed by atoms with Gasteiger partial charge in [0.05, 0.1) is 3.79 Å². The molecule has 1 rings (SSSR count). The maximum Gasteiger partial charge on any atom is 0.0701 e. The van der Waals surface area contributed by atoms with E-state index in [0.29, 0.717) is 0 Å². The molecule has 68 valence electrons. The molecule has 0 aliphatic carbocycles. The lowest BCUT2D eigenvalue weighted by Gasteiger charge is -2.23. The molecule has 0 radical (unpaired) electrons. The summed E-state index contributed by atoms with van der Waals surface area (Å²) < 4.78 is 1.21. The van der Waals surface area contributed by atoms with Gasteiger partial charge in [-0.1, -0.05) is 0 Å². The van der Waals surface area contributed by atoms with Crippen LogP contribution in [0.15, 0.2) is 15.2 Å². The van der Waals surface area contributed by atoms with Crippen LogP contribution in [0, 0.1) is 0 Å². The third-order valence-electron chi connectivity index (χ3n) is 1.94. The average Bonchev–Trinajstić information content (AvgIpc) is 2.35. The van der Waals surface area contributed by atoms with Crippen LogP contribution in [0.4, 0.5) is 0 Å². The Morgan fingerprint density at radius 3 is 2.67 bits per heavy atom. The van der Waals surface area contributed by atoms with E-state index in [4.69, 9.17) is 0 Å². The summed E-state index contributed by atoms with van der Waals surface area (Å²) in [5.41, 5.74) is 1.59. The topological polar surface area (TPSA) is 12.0 Å². The van der Waals surface area contributed by atoms with Crippen molar-refractivity contribution in [3.8, 4) is 0 Å². The van der Waals surface area contributed by atoms with Crippen molar-refractivity contribution in [2.45, 2.75) is 25.8 Å². The van der Waals surface area contributed by atoms with Crippen LogP contribution in [-0.2, 0) is 6.42 Å². The SMILES string of the molecule is CNC(C)(C)Cc1csc(Br)c1. The Balaban J connectivity index is 2.63.